The first-order valence-electron chi connectivity index (χ1n) is 8.47. The number of amides is 2. The maximum Gasteiger partial charge on any atom is 0.407 e. The van der Waals surface area contributed by atoms with Crippen molar-refractivity contribution in [1.29, 1.82) is 0 Å². The summed E-state index contributed by atoms with van der Waals surface area (Å²) >= 11 is 0. The number of benzene rings is 1. The first-order chi connectivity index (χ1) is 11.2. The molecule has 5 heteroatoms. The molecule has 1 aromatic carbocycles. The number of aryl methyl sites for hydroxylation is 3. The molecule has 0 aliphatic heterocycles. The topological polar surface area (TPSA) is 67.4 Å². The van der Waals surface area contributed by atoms with E-state index in [1.165, 1.54) is 16.7 Å². The van der Waals surface area contributed by atoms with Gasteiger partial charge in [0, 0.05) is 19.5 Å². The molecule has 0 aliphatic carbocycles. The molecule has 2 amide bonds. The summed E-state index contributed by atoms with van der Waals surface area (Å²) in [5.41, 5.74) is 3.35. The molecule has 0 unspecified atom stereocenters. The van der Waals surface area contributed by atoms with Crippen LogP contribution in [0.5, 0.6) is 0 Å². The van der Waals surface area contributed by atoms with Crippen LogP contribution in [0.4, 0.5) is 4.79 Å². The molecule has 134 valence electrons. The van der Waals surface area contributed by atoms with Crippen molar-refractivity contribution in [3.05, 3.63) is 34.9 Å². The second-order valence-electron chi connectivity index (χ2n) is 7.06. The van der Waals surface area contributed by atoms with Crippen molar-refractivity contribution in [2.24, 2.45) is 0 Å². The van der Waals surface area contributed by atoms with Crippen LogP contribution in [0.25, 0.3) is 0 Å². The quantitative estimate of drug-likeness (QED) is 0.752. The predicted octanol–water partition coefficient (Wildman–Crippen LogP) is 3.27. The predicted molar refractivity (Wildman–Crippen MR) is 96.1 cm³/mol. The van der Waals surface area contributed by atoms with Gasteiger partial charge in [0.15, 0.2) is 0 Å². The number of ether oxygens (including phenoxy) is 1. The Morgan fingerprint density at radius 1 is 1.08 bits per heavy atom. The van der Waals surface area contributed by atoms with Crippen LogP contribution in [0.2, 0.25) is 0 Å². The van der Waals surface area contributed by atoms with Crippen molar-refractivity contribution < 1.29 is 14.3 Å². The minimum Gasteiger partial charge on any atom is -0.444 e. The van der Waals surface area contributed by atoms with Crippen molar-refractivity contribution in [3.63, 3.8) is 0 Å². The number of rotatable bonds is 7. The monoisotopic (exact) mass is 334 g/mol. The number of nitrogens with one attached hydrogen (secondary N) is 2. The second-order valence-corrected chi connectivity index (χ2v) is 7.06. The molecule has 0 saturated heterocycles. The van der Waals surface area contributed by atoms with E-state index in [1.54, 1.807) is 20.8 Å². The lowest BCUT2D eigenvalue weighted by Gasteiger charge is -2.19. The molecule has 0 spiro atoms. The Labute approximate surface area is 145 Å². The second kappa shape index (κ2) is 9.30. The Bertz CT molecular complexity index is 562. The minimum absolute atomic E-state index is 0.0633. The summed E-state index contributed by atoms with van der Waals surface area (Å²) in [6.07, 6.45) is 1.60. The van der Waals surface area contributed by atoms with Crippen LogP contribution in [-0.2, 0) is 16.0 Å². The highest BCUT2D eigenvalue weighted by Crippen LogP contribution is 2.12. The lowest BCUT2D eigenvalue weighted by Crippen LogP contribution is -2.35. The van der Waals surface area contributed by atoms with Gasteiger partial charge in [-0.05, 0) is 58.6 Å². The third kappa shape index (κ3) is 8.56. The van der Waals surface area contributed by atoms with Gasteiger partial charge in [-0.2, -0.15) is 0 Å². The molecule has 0 saturated carbocycles. The zero-order valence-corrected chi connectivity index (χ0v) is 15.5. The Balaban J connectivity index is 2.15. The van der Waals surface area contributed by atoms with Crippen molar-refractivity contribution in [2.45, 2.75) is 59.5 Å². The summed E-state index contributed by atoms with van der Waals surface area (Å²) in [5, 5.41) is 5.45. The van der Waals surface area contributed by atoms with Gasteiger partial charge in [-0.1, -0.05) is 23.8 Å². The Morgan fingerprint density at radius 2 is 1.79 bits per heavy atom. The van der Waals surface area contributed by atoms with E-state index < -0.39 is 11.7 Å². The van der Waals surface area contributed by atoms with E-state index >= 15 is 0 Å². The van der Waals surface area contributed by atoms with Crippen LogP contribution in [0.15, 0.2) is 18.2 Å². The van der Waals surface area contributed by atoms with Crippen LogP contribution in [0.1, 0.15) is 50.3 Å². The molecule has 0 radical (unpaired) electrons. The molecule has 0 fully saturated rings. The number of alkyl carbamates (subject to hydrolysis) is 1. The molecular formula is C19H30N2O3. The Kier molecular flexibility index (Phi) is 7.75. The average molecular weight is 334 g/mol. The van der Waals surface area contributed by atoms with Crippen molar-refractivity contribution in [2.75, 3.05) is 13.1 Å². The highest BCUT2D eigenvalue weighted by Gasteiger charge is 2.15. The summed E-state index contributed by atoms with van der Waals surface area (Å²) in [6.45, 7) is 10.5. The normalized spacial score (nSPS) is 11.0. The minimum atomic E-state index is -0.527. The largest absolute Gasteiger partial charge is 0.444 e. The van der Waals surface area contributed by atoms with Gasteiger partial charge < -0.3 is 15.4 Å². The molecule has 0 atom stereocenters. The van der Waals surface area contributed by atoms with Gasteiger partial charge in [-0.15, -0.1) is 0 Å². The van der Waals surface area contributed by atoms with Gasteiger partial charge in [0.25, 0.3) is 0 Å². The molecule has 0 aromatic heterocycles. The molecule has 2 N–H and O–H groups in total. The lowest BCUT2D eigenvalue weighted by atomic mass is 10.0. The van der Waals surface area contributed by atoms with Crippen LogP contribution >= 0.6 is 0 Å². The number of carbonyl (C=O) groups is 2. The molecule has 24 heavy (non-hydrogen) atoms. The van der Waals surface area contributed by atoms with Crippen molar-refractivity contribution in [3.8, 4) is 0 Å². The SMILES string of the molecule is Cc1ccc(CCCNC(=O)CCNC(=O)OC(C)(C)C)c(C)c1. The molecule has 1 aromatic rings. The number of hydrogen-bond donors (Lipinski definition) is 2. The molecule has 5 nitrogen and oxygen atoms in total. The van der Waals surface area contributed by atoms with Gasteiger partial charge >= 0.3 is 6.09 Å². The average Bonchev–Trinajstić information content (AvgIpc) is 2.43. The van der Waals surface area contributed by atoms with Gasteiger partial charge in [-0.3, -0.25) is 4.79 Å². The smallest absolute Gasteiger partial charge is 0.407 e. The molecule has 0 heterocycles. The third-order valence-corrected chi connectivity index (χ3v) is 3.46. The van der Waals surface area contributed by atoms with Gasteiger partial charge in [0.2, 0.25) is 5.91 Å². The maximum atomic E-state index is 11.7. The van der Waals surface area contributed by atoms with E-state index in [0.717, 1.165) is 12.8 Å². The van der Waals surface area contributed by atoms with Gasteiger partial charge in [0.1, 0.15) is 5.60 Å². The summed E-state index contributed by atoms with van der Waals surface area (Å²) in [5.74, 6) is -0.0633. The molecule has 0 aliphatic rings. The van der Waals surface area contributed by atoms with E-state index in [2.05, 4.69) is 42.7 Å². The maximum absolute atomic E-state index is 11.7. The summed E-state index contributed by atoms with van der Waals surface area (Å²) in [4.78, 5) is 23.2. The highest BCUT2D eigenvalue weighted by atomic mass is 16.6. The van der Waals surface area contributed by atoms with Crippen LogP contribution in [-0.4, -0.2) is 30.7 Å². The fourth-order valence-corrected chi connectivity index (χ4v) is 2.31. The van der Waals surface area contributed by atoms with Crippen LogP contribution < -0.4 is 10.6 Å². The zero-order valence-electron chi connectivity index (χ0n) is 15.5. The standard InChI is InChI=1S/C19H30N2O3/c1-14-8-9-16(15(2)13-14)7-6-11-20-17(22)10-12-21-18(23)24-19(3,4)5/h8-9,13H,6-7,10-12H2,1-5H3,(H,20,22)(H,21,23). The first kappa shape index (κ1) is 20.0. The van der Waals surface area contributed by atoms with Gasteiger partial charge in [0.05, 0.1) is 0 Å². The molecule has 0 bridgehead atoms. The number of hydrogen-bond acceptors (Lipinski definition) is 3. The Morgan fingerprint density at radius 3 is 2.42 bits per heavy atom. The van der Waals surface area contributed by atoms with Crippen LogP contribution in [0.3, 0.4) is 0 Å². The summed E-state index contributed by atoms with van der Waals surface area (Å²) < 4.78 is 5.10. The zero-order chi connectivity index (χ0) is 18.2. The van der Waals surface area contributed by atoms with Gasteiger partial charge in [-0.25, -0.2) is 4.79 Å². The van der Waals surface area contributed by atoms with Crippen molar-refractivity contribution in [1.82, 2.24) is 10.6 Å². The Hall–Kier alpha value is -2.04. The van der Waals surface area contributed by atoms with Crippen molar-refractivity contribution >= 4 is 12.0 Å². The molecular weight excluding hydrogens is 304 g/mol. The highest BCUT2D eigenvalue weighted by molar-refractivity contribution is 5.77. The summed E-state index contributed by atoms with van der Waals surface area (Å²) in [6, 6.07) is 6.44. The third-order valence-electron chi connectivity index (χ3n) is 3.46. The van der Waals surface area contributed by atoms with E-state index in [1.807, 2.05) is 0 Å². The summed E-state index contributed by atoms with van der Waals surface area (Å²) in [7, 11) is 0. The van der Waals surface area contributed by atoms with Crippen LogP contribution in [0, 0.1) is 13.8 Å². The fraction of sp³-hybridized carbons (Fsp3) is 0.579. The molecule has 1 rings (SSSR count). The fourth-order valence-electron chi connectivity index (χ4n) is 2.31. The first-order valence-corrected chi connectivity index (χ1v) is 8.47. The van der Waals surface area contributed by atoms with E-state index in [9.17, 15) is 9.59 Å². The van der Waals surface area contributed by atoms with E-state index in [-0.39, 0.29) is 18.9 Å². The van der Waals surface area contributed by atoms with E-state index in [4.69, 9.17) is 4.74 Å². The number of carbonyl (C=O) groups excluding carboxylic acids is 2. The van der Waals surface area contributed by atoms with E-state index in [0.29, 0.717) is 6.54 Å². The lowest BCUT2D eigenvalue weighted by molar-refractivity contribution is -0.120.